The van der Waals surface area contributed by atoms with Gasteiger partial charge in [-0.15, -0.1) is 0 Å². The van der Waals surface area contributed by atoms with Crippen molar-refractivity contribution in [3.8, 4) is 0 Å². The molecule has 0 spiro atoms. The highest BCUT2D eigenvalue weighted by Crippen LogP contribution is 2.24. The molecular formula is C18H30N2S. The van der Waals surface area contributed by atoms with E-state index in [1.807, 2.05) is 0 Å². The zero-order chi connectivity index (χ0) is 16.0. The molecule has 0 aliphatic rings. The fourth-order valence-electron chi connectivity index (χ4n) is 2.29. The van der Waals surface area contributed by atoms with Crippen molar-refractivity contribution in [1.82, 2.24) is 0 Å². The highest BCUT2D eigenvalue weighted by atomic mass is 32.1. The Balaban J connectivity index is 3.04. The van der Waals surface area contributed by atoms with E-state index >= 15 is 0 Å². The Morgan fingerprint density at radius 1 is 1.10 bits per heavy atom. The highest BCUT2D eigenvalue weighted by molar-refractivity contribution is 7.80. The molecule has 21 heavy (non-hydrogen) atoms. The smallest absolute Gasteiger partial charge is 0.106 e. The monoisotopic (exact) mass is 306 g/mol. The Morgan fingerprint density at radius 2 is 1.62 bits per heavy atom. The Hall–Kier alpha value is -1.09. The van der Waals surface area contributed by atoms with Crippen LogP contribution in [0.25, 0.3) is 0 Å². The molecule has 2 nitrogen and oxygen atoms in total. The Labute approximate surface area is 135 Å². The van der Waals surface area contributed by atoms with Gasteiger partial charge in [0.2, 0.25) is 0 Å². The lowest BCUT2D eigenvalue weighted by Crippen LogP contribution is -2.30. The maximum absolute atomic E-state index is 5.92. The van der Waals surface area contributed by atoms with Crippen LogP contribution in [-0.2, 0) is 0 Å². The minimum absolute atomic E-state index is 0.490. The van der Waals surface area contributed by atoms with Crippen molar-refractivity contribution in [2.75, 3.05) is 18.0 Å². The number of hydrogen-bond acceptors (Lipinski definition) is 2. The topological polar surface area (TPSA) is 29.3 Å². The molecule has 0 radical (unpaired) electrons. The van der Waals surface area contributed by atoms with Crippen molar-refractivity contribution in [2.24, 2.45) is 17.6 Å². The van der Waals surface area contributed by atoms with Gasteiger partial charge >= 0.3 is 0 Å². The van der Waals surface area contributed by atoms with Crippen LogP contribution in [0.1, 0.15) is 51.7 Å². The van der Waals surface area contributed by atoms with Gasteiger partial charge in [-0.2, -0.15) is 0 Å². The Bertz CT molecular complexity index is 454. The first-order valence-corrected chi connectivity index (χ1v) is 8.37. The fourth-order valence-corrected chi connectivity index (χ4v) is 2.47. The van der Waals surface area contributed by atoms with Gasteiger partial charge in [0, 0.05) is 24.3 Å². The van der Waals surface area contributed by atoms with Crippen LogP contribution in [0, 0.1) is 18.8 Å². The van der Waals surface area contributed by atoms with E-state index in [0.717, 1.165) is 18.7 Å². The number of thiocarbonyl (C=S) groups is 1. The van der Waals surface area contributed by atoms with Gasteiger partial charge in [-0.3, -0.25) is 0 Å². The van der Waals surface area contributed by atoms with Crippen molar-refractivity contribution in [1.29, 1.82) is 0 Å². The highest BCUT2D eigenvalue weighted by Gasteiger charge is 2.14. The summed E-state index contributed by atoms with van der Waals surface area (Å²) in [7, 11) is 0. The van der Waals surface area contributed by atoms with Crippen molar-refractivity contribution in [3.05, 3.63) is 29.3 Å². The van der Waals surface area contributed by atoms with Gasteiger partial charge in [0.25, 0.3) is 0 Å². The molecular weight excluding hydrogens is 276 g/mol. The fraction of sp³-hybridized carbons (Fsp3) is 0.611. The second-order valence-corrected chi connectivity index (χ2v) is 7.18. The molecule has 0 atom stereocenters. The molecule has 0 aliphatic heterocycles. The third-order valence-corrected chi connectivity index (χ3v) is 3.93. The largest absolute Gasteiger partial charge is 0.389 e. The van der Waals surface area contributed by atoms with Gasteiger partial charge in [0.05, 0.1) is 0 Å². The van der Waals surface area contributed by atoms with Crippen LogP contribution in [0.2, 0.25) is 0 Å². The van der Waals surface area contributed by atoms with E-state index < -0.39 is 0 Å². The Morgan fingerprint density at radius 3 is 2.05 bits per heavy atom. The third kappa shape index (κ3) is 6.04. The molecule has 118 valence electrons. The van der Waals surface area contributed by atoms with Gasteiger partial charge in [0.15, 0.2) is 0 Å². The Kier molecular flexibility index (Phi) is 7.16. The van der Waals surface area contributed by atoms with E-state index in [-0.39, 0.29) is 0 Å². The molecule has 1 aromatic carbocycles. The van der Waals surface area contributed by atoms with Crippen LogP contribution in [0.15, 0.2) is 18.2 Å². The summed E-state index contributed by atoms with van der Waals surface area (Å²) in [5.41, 5.74) is 9.37. The van der Waals surface area contributed by atoms with Crippen molar-refractivity contribution in [3.63, 3.8) is 0 Å². The number of rotatable bonds is 8. The molecule has 0 unspecified atom stereocenters. The molecule has 3 heteroatoms. The zero-order valence-corrected chi connectivity index (χ0v) is 15.0. The number of benzene rings is 1. The second-order valence-electron chi connectivity index (χ2n) is 6.74. The second kappa shape index (κ2) is 8.38. The van der Waals surface area contributed by atoms with Crippen LogP contribution in [0.3, 0.4) is 0 Å². The average molecular weight is 307 g/mol. The predicted octanol–water partition coefficient (Wildman–Crippen LogP) is 4.53. The standard InChI is InChI=1S/C18H30N2S/c1-13(2)8-10-20(11-9-14(3)4)17-12-15(5)6-7-16(17)18(19)21/h6-7,12-14H,8-11H2,1-5H3,(H2,19,21). The predicted molar refractivity (Wildman–Crippen MR) is 98.2 cm³/mol. The van der Waals surface area contributed by atoms with E-state index in [9.17, 15) is 0 Å². The number of aryl methyl sites for hydroxylation is 1. The normalized spacial score (nSPS) is 11.2. The van der Waals surface area contributed by atoms with E-state index in [4.69, 9.17) is 18.0 Å². The van der Waals surface area contributed by atoms with Gasteiger partial charge < -0.3 is 10.6 Å². The van der Waals surface area contributed by atoms with Gasteiger partial charge in [0.1, 0.15) is 4.99 Å². The van der Waals surface area contributed by atoms with Crippen LogP contribution in [0.5, 0.6) is 0 Å². The first-order chi connectivity index (χ1) is 9.81. The summed E-state index contributed by atoms with van der Waals surface area (Å²) < 4.78 is 0. The molecule has 0 aliphatic carbocycles. The summed E-state index contributed by atoms with van der Waals surface area (Å²) in [6, 6.07) is 6.36. The van der Waals surface area contributed by atoms with Crippen molar-refractivity contribution < 1.29 is 0 Å². The molecule has 0 amide bonds. The number of hydrogen-bond donors (Lipinski definition) is 1. The van der Waals surface area contributed by atoms with E-state index in [2.05, 4.69) is 57.7 Å². The number of nitrogens with two attached hydrogens (primary N) is 1. The summed E-state index contributed by atoms with van der Waals surface area (Å²) >= 11 is 5.23. The summed E-state index contributed by atoms with van der Waals surface area (Å²) in [4.78, 5) is 2.95. The third-order valence-electron chi connectivity index (χ3n) is 3.71. The molecule has 0 fully saturated rings. The molecule has 0 aromatic heterocycles. The zero-order valence-electron chi connectivity index (χ0n) is 14.1. The molecule has 1 aromatic rings. The number of nitrogens with zero attached hydrogens (tertiary/aromatic N) is 1. The van der Waals surface area contributed by atoms with Gasteiger partial charge in [-0.1, -0.05) is 46.0 Å². The van der Waals surface area contributed by atoms with Crippen LogP contribution >= 0.6 is 12.2 Å². The van der Waals surface area contributed by atoms with Crippen LogP contribution in [-0.4, -0.2) is 18.1 Å². The lowest BCUT2D eigenvalue weighted by Gasteiger charge is -2.29. The molecule has 0 heterocycles. The minimum Gasteiger partial charge on any atom is -0.389 e. The summed E-state index contributed by atoms with van der Waals surface area (Å²) in [6.07, 6.45) is 2.37. The summed E-state index contributed by atoms with van der Waals surface area (Å²) in [6.45, 7) is 13.3. The summed E-state index contributed by atoms with van der Waals surface area (Å²) in [5, 5.41) is 0. The first kappa shape index (κ1) is 18.0. The molecule has 0 bridgehead atoms. The quantitative estimate of drug-likeness (QED) is 0.716. The van der Waals surface area contributed by atoms with Gasteiger partial charge in [-0.05, 0) is 49.3 Å². The van der Waals surface area contributed by atoms with Gasteiger partial charge in [-0.25, -0.2) is 0 Å². The molecule has 2 N–H and O–H groups in total. The van der Waals surface area contributed by atoms with Crippen LogP contribution < -0.4 is 10.6 Å². The summed E-state index contributed by atoms with van der Waals surface area (Å²) in [5.74, 6) is 1.40. The van der Waals surface area contributed by atoms with E-state index in [1.54, 1.807) is 0 Å². The lowest BCUT2D eigenvalue weighted by molar-refractivity contribution is 0.535. The maximum Gasteiger partial charge on any atom is 0.106 e. The first-order valence-electron chi connectivity index (χ1n) is 7.96. The maximum atomic E-state index is 5.92. The minimum atomic E-state index is 0.490. The number of anilines is 1. The SMILES string of the molecule is Cc1ccc(C(N)=S)c(N(CCC(C)C)CCC(C)C)c1. The molecule has 0 saturated heterocycles. The van der Waals surface area contributed by atoms with E-state index in [0.29, 0.717) is 16.8 Å². The molecule has 0 saturated carbocycles. The average Bonchev–Trinajstić information content (AvgIpc) is 2.37. The van der Waals surface area contributed by atoms with Crippen molar-refractivity contribution in [2.45, 2.75) is 47.5 Å². The van der Waals surface area contributed by atoms with E-state index in [1.165, 1.54) is 24.1 Å². The lowest BCUT2D eigenvalue weighted by atomic mass is 10.0. The van der Waals surface area contributed by atoms with Crippen molar-refractivity contribution >= 4 is 22.9 Å². The molecule has 1 rings (SSSR count). The van der Waals surface area contributed by atoms with Crippen LogP contribution in [0.4, 0.5) is 5.69 Å².